The van der Waals surface area contributed by atoms with Gasteiger partial charge in [-0.1, -0.05) is 24.3 Å². The predicted molar refractivity (Wildman–Crippen MR) is 66.5 cm³/mol. The van der Waals surface area contributed by atoms with Crippen molar-refractivity contribution in [1.29, 1.82) is 0 Å². The van der Waals surface area contributed by atoms with Crippen molar-refractivity contribution in [3.63, 3.8) is 0 Å². The van der Waals surface area contributed by atoms with E-state index in [4.69, 9.17) is 0 Å². The summed E-state index contributed by atoms with van der Waals surface area (Å²) in [7, 11) is 0. The first kappa shape index (κ1) is 9.77. The number of hydrogen-bond acceptors (Lipinski definition) is 4. The molecule has 17 heavy (non-hydrogen) atoms. The molecule has 0 atom stereocenters. The van der Waals surface area contributed by atoms with Crippen LogP contribution >= 0.6 is 0 Å². The largest absolute Gasteiger partial charge is 0.338 e. The van der Waals surface area contributed by atoms with Crippen molar-refractivity contribution in [3.05, 3.63) is 46.5 Å². The normalized spacial score (nSPS) is 13.1. The third-order valence-corrected chi connectivity index (χ3v) is 2.70. The zero-order valence-corrected chi connectivity index (χ0v) is 8.88. The van der Waals surface area contributed by atoms with E-state index in [0.717, 1.165) is 22.1 Å². The Morgan fingerprint density at radius 2 is 2.00 bits per heavy atom. The van der Waals surface area contributed by atoms with Gasteiger partial charge in [0.1, 0.15) is 0 Å². The van der Waals surface area contributed by atoms with Crippen LogP contribution in [0.3, 0.4) is 0 Å². The molecule has 1 heterocycles. The van der Waals surface area contributed by atoms with Crippen molar-refractivity contribution >= 4 is 28.0 Å². The van der Waals surface area contributed by atoms with E-state index in [0.29, 0.717) is 5.84 Å². The third-order valence-electron chi connectivity index (χ3n) is 2.70. The minimum absolute atomic E-state index is 0.287. The first-order chi connectivity index (χ1) is 8.24. The number of hydrogen-bond donors (Lipinski definition) is 1. The van der Waals surface area contributed by atoms with Crippen molar-refractivity contribution < 1.29 is 4.92 Å². The molecule has 84 valence electrons. The van der Waals surface area contributed by atoms with Crippen molar-refractivity contribution in [2.24, 2.45) is 4.99 Å². The van der Waals surface area contributed by atoms with E-state index in [1.807, 2.05) is 36.4 Å². The highest BCUT2D eigenvalue weighted by molar-refractivity contribution is 6.13. The average molecular weight is 227 g/mol. The van der Waals surface area contributed by atoms with Gasteiger partial charge in [-0.05, 0) is 17.5 Å². The number of anilines is 1. The molecule has 1 N–H and O–H groups in total. The second-order valence-electron chi connectivity index (χ2n) is 3.86. The Morgan fingerprint density at radius 3 is 2.76 bits per heavy atom. The van der Waals surface area contributed by atoms with Gasteiger partial charge in [0.25, 0.3) is 6.54 Å². The van der Waals surface area contributed by atoms with Crippen LogP contribution in [0.25, 0.3) is 10.8 Å². The summed E-state index contributed by atoms with van der Waals surface area (Å²) < 4.78 is 0. The number of nitrogens with one attached hydrogen (secondary N) is 1. The number of nitrogens with zero attached hydrogens (tertiary/aromatic N) is 2. The molecule has 0 unspecified atom stereocenters. The lowest BCUT2D eigenvalue weighted by molar-refractivity contribution is -0.463. The van der Waals surface area contributed by atoms with Crippen LogP contribution in [0.15, 0.2) is 41.4 Å². The number of benzene rings is 2. The standard InChI is InChI=1S/C12H9N3O2/c16-15(17)7-11-13-9-5-1-3-8-4-2-6-10(14-11)12(8)9/h1-6H,7H2,(H,13,14). The Morgan fingerprint density at radius 1 is 1.24 bits per heavy atom. The van der Waals surface area contributed by atoms with Gasteiger partial charge < -0.3 is 5.32 Å². The lowest BCUT2D eigenvalue weighted by Gasteiger charge is -2.16. The number of amidine groups is 1. The van der Waals surface area contributed by atoms with Crippen LogP contribution in [-0.2, 0) is 0 Å². The van der Waals surface area contributed by atoms with Gasteiger partial charge in [0.05, 0.1) is 5.69 Å². The van der Waals surface area contributed by atoms with Crippen molar-refractivity contribution in [2.45, 2.75) is 0 Å². The topological polar surface area (TPSA) is 67.5 Å². The molecule has 5 heteroatoms. The summed E-state index contributed by atoms with van der Waals surface area (Å²) in [6.45, 7) is -0.287. The minimum Gasteiger partial charge on any atom is -0.338 e. The van der Waals surface area contributed by atoms with Crippen LogP contribution in [0.2, 0.25) is 0 Å². The van der Waals surface area contributed by atoms with Gasteiger partial charge in [0.15, 0.2) is 5.84 Å². The molecule has 2 aromatic rings. The zero-order chi connectivity index (χ0) is 11.8. The molecule has 0 saturated heterocycles. The molecular formula is C12H9N3O2. The summed E-state index contributed by atoms with van der Waals surface area (Å²) in [4.78, 5) is 14.4. The van der Waals surface area contributed by atoms with E-state index in [1.165, 1.54) is 0 Å². The molecule has 1 aliphatic rings. The first-order valence-electron chi connectivity index (χ1n) is 5.22. The molecule has 2 aromatic carbocycles. The smallest absolute Gasteiger partial charge is 0.260 e. The Balaban J connectivity index is 2.19. The number of nitro groups is 1. The molecule has 1 aliphatic heterocycles. The van der Waals surface area contributed by atoms with Crippen LogP contribution in [-0.4, -0.2) is 17.3 Å². The summed E-state index contributed by atoms with van der Waals surface area (Å²) in [5.74, 6) is 0.376. The fourth-order valence-corrected chi connectivity index (χ4v) is 2.04. The van der Waals surface area contributed by atoms with Gasteiger partial charge in [-0.15, -0.1) is 0 Å². The third kappa shape index (κ3) is 1.61. The maximum Gasteiger partial charge on any atom is 0.260 e. The van der Waals surface area contributed by atoms with Gasteiger partial charge in [0, 0.05) is 16.0 Å². The summed E-state index contributed by atoms with van der Waals surface area (Å²) in [6.07, 6.45) is 0. The van der Waals surface area contributed by atoms with E-state index in [-0.39, 0.29) is 11.5 Å². The Labute approximate surface area is 96.9 Å². The average Bonchev–Trinajstić information content (AvgIpc) is 2.28. The van der Waals surface area contributed by atoms with Crippen LogP contribution in [0, 0.1) is 10.1 Å². The van der Waals surface area contributed by atoms with Crippen LogP contribution in [0.4, 0.5) is 11.4 Å². The predicted octanol–water partition coefficient (Wildman–Crippen LogP) is 2.57. The van der Waals surface area contributed by atoms with Crippen LogP contribution < -0.4 is 5.32 Å². The van der Waals surface area contributed by atoms with Gasteiger partial charge in [-0.25, -0.2) is 4.99 Å². The van der Waals surface area contributed by atoms with E-state index in [9.17, 15) is 10.1 Å². The van der Waals surface area contributed by atoms with Crippen LogP contribution in [0.5, 0.6) is 0 Å². The van der Waals surface area contributed by atoms with Crippen molar-refractivity contribution in [2.75, 3.05) is 11.9 Å². The SMILES string of the molecule is O=[N+]([O-])CC1=Nc2cccc3cccc(c23)N1. The zero-order valence-electron chi connectivity index (χ0n) is 8.88. The molecule has 0 aromatic heterocycles. The first-order valence-corrected chi connectivity index (χ1v) is 5.22. The molecule has 0 saturated carbocycles. The fourth-order valence-electron chi connectivity index (χ4n) is 2.04. The quantitative estimate of drug-likeness (QED) is 0.633. The molecule has 0 radical (unpaired) electrons. The summed E-state index contributed by atoms with van der Waals surface area (Å²) >= 11 is 0. The van der Waals surface area contributed by atoms with E-state index < -0.39 is 0 Å². The Hall–Kier alpha value is -2.43. The molecule has 0 amide bonds. The molecule has 0 spiro atoms. The fraction of sp³-hybridized carbons (Fsp3) is 0.0833. The van der Waals surface area contributed by atoms with Gasteiger partial charge in [-0.3, -0.25) is 10.1 Å². The summed E-state index contributed by atoms with van der Waals surface area (Å²) in [5.41, 5.74) is 1.67. The summed E-state index contributed by atoms with van der Waals surface area (Å²) in [6, 6.07) is 11.6. The second-order valence-corrected chi connectivity index (χ2v) is 3.86. The van der Waals surface area contributed by atoms with Crippen molar-refractivity contribution in [3.8, 4) is 0 Å². The van der Waals surface area contributed by atoms with Gasteiger partial charge >= 0.3 is 0 Å². The van der Waals surface area contributed by atoms with E-state index in [2.05, 4.69) is 10.3 Å². The van der Waals surface area contributed by atoms with Crippen molar-refractivity contribution in [1.82, 2.24) is 0 Å². The number of aliphatic imine (C=N–C) groups is 1. The molecule has 0 aliphatic carbocycles. The highest BCUT2D eigenvalue weighted by atomic mass is 16.6. The van der Waals surface area contributed by atoms with E-state index in [1.54, 1.807) is 0 Å². The second kappa shape index (κ2) is 3.55. The molecular weight excluding hydrogens is 218 g/mol. The molecule has 3 rings (SSSR count). The molecule has 5 nitrogen and oxygen atoms in total. The monoisotopic (exact) mass is 227 g/mol. The maximum absolute atomic E-state index is 10.5. The molecule has 0 bridgehead atoms. The van der Waals surface area contributed by atoms with Gasteiger partial charge in [-0.2, -0.15) is 0 Å². The minimum atomic E-state index is -0.389. The molecule has 0 fully saturated rings. The highest BCUT2D eigenvalue weighted by Gasteiger charge is 2.16. The lowest BCUT2D eigenvalue weighted by Crippen LogP contribution is -2.23. The highest BCUT2D eigenvalue weighted by Crippen LogP contribution is 2.35. The Kier molecular flexibility index (Phi) is 2.04. The lowest BCUT2D eigenvalue weighted by atomic mass is 10.1. The van der Waals surface area contributed by atoms with Gasteiger partial charge in [0.2, 0.25) is 0 Å². The maximum atomic E-state index is 10.5. The summed E-state index contributed by atoms with van der Waals surface area (Å²) in [5, 5.41) is 15.6. The van der Waals surface area contributed by atoms with E-state index >= 15 is 0 Å². The Bertz CT molecular complexity index is 644. The van der Waals surface area contributed by atoms with Crippen LogP contribution in [0.1, 0.15) is 0 Å². The number of rotatable bonds is 2.